The molecule has 0 atom stereocenters. The maximum Gasteiger partial charge on any atom is 0.255 e. The van der Waals surface area contributed by atoms with Crippen LogP contribution in [-0.4, -0.2) is 20.2 Å². The summed E-state index contributed by atoms with van der Waals surface area (Å²) in [5.74, 6) is -0.886. The first-order valence-electron chi connectivity index (χ1n) is 9.16. The monoisotopic (exact) mass is 423 g/mol. The Bertz CT molecular complexity index is 1140. The highest BCUT2D eigenvalue weighted by atomic mass is 32.2. The smallest absolute Gasteiger partial charge is 0.255 e. The average Bonchev–Trinajstić information content (AvgIpc) is 2.74. The fraction of sp³-hybridized carbons (Fsp3) is 0.0909. The Morgan fingerprint density at radius 3 is 2.20 bits per heavy atom. The van der Waals surface area contributed by atoms with Crippen molar-refractivity contribution < 1.29 is 18.0 Å². The lowest BCUT2D eigenvalue weighted by atomic mass is 10.1. The van der Waals surface area contributed by atoms with E-state index in [-0.39, 0.29) is 23.4 Å². The molecule has 3 aromatic rings. The predicted molar refractivity (Wildman–Crippen MR) is 114 cm³/mol. The molecule has 0 fully saturated rings. The molecule has 30 heavy (non-hydrogen) atoms. The van der Waals surface area contributed by atoms with E-state index in [0.29, 0.717) is 5.69 Å². The summed E-state index contributed by atoms with van der Waals surface area (Å²) in [6, 6.07) is 21.6. The average molecular weight is 423 g/mol. The Labute approximate surface area is 175 Å². The van der Waals surface area contributed by atoms with E-state index in [0.717, 1.165) is 11.1 Å². The number of hydrogen-bond acceptors (Lipinski definition) is 4. The summed E-state index contributed by atoms with van der Waals surface area (Å²) in [5, 5.41) is 2.70. The van der Waals surface area contributed by atoms with Gasteiger partial charge in [-0.05, 0) is 41.5 Å². The molecule has 0 aromatic heterocycles. The topological polar surface area (TPSA) is 118 Å². The molecule has 2 amide bonds. The van der Waals surface area contributed by atoms with Crippen molar-refractivity contribution >= 4 is 27.5 Å². The highest BCUT2D eigenvalue weighted by Gasteiger charge is 2.16. The Hall–Kier alpha value is -3.49. The second-order valence-corrected chi connectivity index (χ2v) is 8.40. The number of hydrogen-bond donors (Lipinski definition) is 3. The first-order valence-corrected chi connectivity index (χ1v) is 10.6. The number of carbonyl (C=O) groups excluding carboxylic acids is 2. The van der Waals surface area contributed by atoms with Gasteiger partial charge in [-0.25, -0.2) is 13.1 Å². The van der Waals surface area contributed by atoms with E-state index in [9.17, 15) is 18.0 Å². The van der Waals surface area contributed by atoms with Crippen LogP contribution in [-0.2, 0) is 27.8 Å². The van der Waals surface area contributed by atoms with Crippen molar-refractivity contribution in [3.63, 3.8) is 0 Å². The van der Waals surface area contributed by atoms with Gasteiger partial charge in [-0.15, -0.1) is 0 Å². The summed E-state index contributed by atoms with van der Waals surface area (Å²) in [6.45, 7) is 0.150. The molecule has 0 bridgehead atoms. The second kappa shape index (κ2) is 9.34. The number of anilines is 1. The number of nitrogens with one attached hydrogen (secondary N) is 2. The van der Waals surface area contributed by atoms with Crippen LogP contribution in [0.2, 0.25) is 0 Å². The number of sulfonamides is 1. The molecule has 0 spiro atoms. The van der Waals surface area contributed by atoms with Crippen LogP contribution in [0.3, 0.4) is 0 Å². The van der Waals surface area contributed by atoms with Gasteiger partial charge in [0, 0.05) is 17.8 Å². The quantitative estimate of drug-likeness (QED) is 0.516. The van der Waals surface area contributed by atoms with E-state index in [1.165, 1.54) is 24.3 Å². The first kappa shape index (κ1) is 21.2. The molecule has 0 unspecified atom stereocenters. The third-order valence-corrected chi connectivity index (χ3v) is 5.70. The van der Waals surface area contributed by atoms with E-state index >= 15 is 0 Å². The number of carbonyl (C=O) groups is 2. The van der Waals surface area contributed by atoms with Crippen LogP contribution in [0.5, 0.6) is 0 Å². The Morgan fingerprint density at radius 1 is 0.833 bits per heavy atom. The molecule has 0 radical (unpaired) electrons. The van der Waals surface area contributed by atoms with E-state index in [1.807, 2.05) is 30.3 Å². The minimum absolute atomic E-state index is 0.00267. The van der Waals surface area contributed by atoms with Crippen LogP contribution in [0.15, 0.2) is 83.8 Å². The lowest BCUT2D eigenvalue weighted by molar-refractivity contribution is -0.117. The zero-order chi connectivity index (χ0) is 21.6. The summed E-state index contributed by atoms with van der Waals surface area (Å²) >= 11 is 0. The zero-order valence-electron chi connectivity index (χ0n) is 16.0. The van der Waals surface area contributed by atoms with Crippen molar-refractivity contribution in [2.24, 2.45) is 5.73 Å². The minimum Gasteiger partial charge on any atom is -0.369 e. The van der Waals surface area contributed by atoms with Crippen molar-refractivity contribution in [1.29, 1.82) is 0 Å². The van der Waals surface area contributed by atoms with Gasteiger partial charge in [-0.1, -0.05) is 48.5 Å². The third kappa shape index (κ3) is 5.76. The van der Waals surface area contributed by atoms with Gasteiger partial charge >= 0.3 is 0 Å². The minimum atomic E-state index is -3.78. The van der Waals surface area contributed by atoms with Crippen molar-refractivity contribution in [1.82, 2.24) is 4.72 Å². The van der Waals surface area contributed by atoms with Crippen LogP contribution < -0.4 is 15.8 Å². The largest absolute Gasteiger partial charge is 0.369 e. The normalized spacial score (nSPS) is 11.1. The van der Waals surface area contributed by atoms with Crippen molar-refractivity contribution in [3.8, 4) is 0 Å². The fourth-order valence-electron chi connectivity index (χ4n) is 2.77. The van der Waals surface area contributed by atoms with Gasteiger partial charge in [-0.3, -0.25) is 9.59 Å². The van der Waals surface area contributed by atoms with Crippen molar-refractivity contribution in [3.05, 3.63) is 95.6 Å². The fourth-order valence-corrected chi connectivity index (χ4v) is 3.84. The molecule has 3 rings (SSSR count). The molecular weight excluding hydrogens is 402 g/mol. The summed E-state index contributed by atoms with van der Waals surface area (Å²) < 4.78 is 27.7. The van der Waals surface area contributed by atoms with Gasteiger partial charge in [0.25, 0.3) is 5.91 Å². The Balaban J connectivity index is 1.69. The van der Waals surface area contributed by atoms with Gasteiger partial charge in [0.05, 0.1) is 11.3 Å². The highest BCUT2D eigenvalue weighted by molar-refractivity contribution is 7.89. The standard InChI is InChI=1S/C22H21N3O4S/c23-21(26)13-16-9-11-19(12-10-16)25-22(27)18-7-4-8-20(14-18)30(28,29)24-15-17-5-2-1-3-6-17/h1-12,14,24H,13,15H2,(H2,23,26)(H,25,27). The van der Waals surface area contributed by atoms with Gasteiger partial charge in [0.1, 0.15) is 0 Å². The lowest BCUT2D eigenvalue weighted by Crippen LogP contribution is -2.23. The number of primary amides is 1. The van der Waals surface area contributed by atoms with Gasteiger partial charge in [0.2, 0.25) is 15.9 Å². The molecule has 4 N–H and O–H groups in total. The van der Waals surface area contributed by atoms with E-state index in [4.69, 9.17) is 5.73 Å². The molecule has 154 valence electrons. The van der Waals surface area contributed by atoms with Crippen LogP contribution in [0, 0.1) is 0 Å². The van der Waals surface area contributed by atoms with Gasteiger partial charge in [-0.2, -0.15) is 0 Å². The highest BCUT2D eigenvalue weighted by Crippen LogP contribution is 2.15. The van der Waals surface area contributed by atoms with Crippen LogP contribution in [0.1, 0.15) is 21.5 Å². The lowest BCUT2D eigenvalue weighted by Gasteiger charge is -2.10. The maximum absolute atomic E-state index is 12.6. The number of nitrogens with two attached hydrogens (primary N) is 1. The molecule has 7 nitrogen and oxygen atoms in total. The summed E-state index contributed by atoms with van der Waals surface area (Å²) in [6.07, 6.45) is 0.115. The zero-order valence-corrected chi connectivity index (χ0v) is 16.9. The molecule has 0 aliphatic carbocycles. The van der Waals surface area contributed by atoms with E-state index < -0.39 is 21.8 Å². The van der Waals surface area contributed by atoms with Crippen LogP contribution in [0.4, 0.5) is 5.69 Å². The molecule has 0 saturated carbocycles. The summed E-state index contributed by atoms with van der Waals surface area (Å²) in [5.41, 5.74) is 7.45. The molecule has 0 aliphatic heterocycles. The second-order valence-electron chi connectivity index (χ2n) is 6.63. The Kier molecular flexibility index (Phi) is 6.61. The van der Waals surface area contributed by atoms with Gasteiger partial charge in [0.15, 0.2) is 0 Å². The van der Waals surface area contributed by atoms with E-state index in [1.54, 1.807) is 24.3 Å². The SMILES string of the molecule is NC(=O)Cc1ccc(NC(=O)c2cccc(S(=O)(=O)NCc3ccccc3)c2)cc1. The molecule has 8 heteroatoms. The summed E-state index contributed by atoms with van der Waals surface area (Å²) in [4.78, 5) is 23.5. The van der Waals surface area contributed by atoms with Crippen LogP contribution >= 0.6 is 0 Å². The van der Waals surface area contributed by atoms with Crippen LogP contribution in [0.25, 0.3) is 0 Å². The first-order chi connectivity index (χ1) is 14.3. The number of amides is 2. The number of benzene rings is 3. The van der Waals surface area contributed by atoms with Gasteiger partial charge < -0.3 is 11.1 Å². The van der Waals surface area contributed by atoms with E-state index in [2.05, 4.69) is 10.0 Å². The summed E-state index contributed by atoms with van der Waals surface area (Å²) in [7, 11) is -3.78. The molecule has 3 aromatic carbocycles. The van der Waals surface area contributed by atoms with Crippen molar-refractivity contribution in [2.75, 3.05) is 5.32 Å². The maximum atomic E-state index is 12.6. The van der Waals surface area contributed by atoms with Crippen molar-refractivity contribution in [2.45, 2.75) is 17.9 Å². The molecular formula is C22H21N3O4S. The predicted octanol–water partition coefficient (Wildman–Crippen LogP) is 2.45. The molecule has 0 saturated heterocycles. The molecule has 0 heterocycles. The number of rotatable bonds is 8. The molecule has 0 aliphatic rings. The Morgan fingerprint density at radius 2 is 1.53 bits per heavy atom. The third-order valence-electron chi connectivity index (χ3n) is 4.31.